The van der Waals surface area contributed by atoms with Gasteiger partial charge in [0.25, 0.3) is 0 Å². The molecule has 118 valence electrons. The minimum absolute atomic E-state index is 0.0370. The first kappa shape index (κ1) is 16.8. The van der Waals surface area contributed by atoms with Gasteiger partial charge >= 0.3 is 0 Å². The molecule has 0 saturated heterocycles. The maximum atomic E-state index is 11.9. The van der Waals surface area contributed by atoms with Crippen molar-refractivity contribution >= 4 is 17.7 Å². The van der Waals surface area contributed by atoms with Gasteiger partial charge < -0.3 is 10.2 Å². The van der Waals surface area contributed by atoms with E-state index in [1.54, 1.807) is 0 Å². The number of fused-ring (bicyclic) bond motifs is 1. The fourth-order valence-electron chi connectivity index (χ4n) is 2.47. The number of hydrogen-bond donors (Lipinski definition) is 2. The molecule has 1 aliphatic rings. The van der Waals surface area contributed by atoms with Crippen LogP contribution in [-0.2, 0) is 17.8 Å². The molecular weight excluding hydrogens is 296 g/mol. The second-order valence-electron chi connectivity index (χ2n) is 6.78. The van der Waals surface area contributed by atoms with E-state index in [0.717, 1.165) is 30.8 Å². The van der Waals surface area contributed by atoms with Crippen LogP contribution in [0.1, 0.15) is 37.6 Å². The van der Waals surface area contributed by atoms with Crippen molar-refractivity contribution in [2.75, 3.05) is 19.3 Å². The highest BCUT2D eigenvalue weighted by Gasteiger charge is 2.21. The second-order valence-corrected chi connectivity index (χ2v) is 7.74. The standard InChI is InChI=1S/C16H22N4OS/c1-16(2,3)19-14(21)10-22-15-11(8-17)7-12-9-20(4)6-5-13(12)18-15/h7H,5-6,9-10H2,1-4H3,(H,19,21)/p+1. The summed E-state index contributed by atoms with van der Waals surface area (Å²) in [5.41, 5.74) is 2.56. The molecule has 1 aromatic heterocycles. The van der Waals surface area contributed by atoms with Gasteiger partial charge in [0.1, 0.15) is 17.6 Å². The third kappa shape index (κ3) is 4.46. The van der Waals surface area contributed by atoms with Gasteiger partial charge in [-0.2, -0.15) is 5.26 Å². The zero-order valence-corrected chi connectivity index (χ0v) is 14.4. The number of rotatable bonds is 3. The number of nitriles is 1. The zero-order valence-electron chi connectivity index (χ0n) is 13.6. The van der Waals surface area contributed by atoms with Gasteiger partial charge in [0.15, 0.2) is 0 Å². The summed E-state index contributed by atoms with van der Waals surface area (Å²) in [5.74, 6) is 0.244. The number of likely N-dealkylation sites (N-methyl/N-ethyl adjacent to an activating group) is 1. The predicted octanol–water partition coefficient (Wildman–Crippen LogP) is 0.531. The number of carbonyl (C=O) groups is 1. The molecule has 2 heterocycles. The Labute approximate surface area is 136 Å². The minimum Gasteiger partial charge on any atom is -0.351 e. The number of hydrogen-bond acceptors (Lipinski definition) is 4. The number of carbonyl (C=O) groups excluding carboxylic acids is 1. The topological polar surface area (TPSA) is 70.2 Å². The molecule has 1 atom stereocenters. The van der Waals surface area contributed by atoms with Gasteiger partial charge in [-0.15, -0.1) is 0 Å². The summed E-state index contributed by atoms with van der Waals surface area (Å²) in [5, 5.41) is 12.9. The van der Waals surface area contributed by atoms with E-state index >= 15 is 0 Å². The number of nitrogens with zero attached hydrogens (tertiary/aromatic N) is 2. The Morgan fingerprint density at radius 2 is 2.27 bits per heavy atom. The number of aromatic nitrogens is 1. The average molecular weight is 319 g/mol. The van der Waals surface area contributed by atoms with Crippen LogP contribution in [0.3, 0.4) is 0 Å². The van der Waals surface area contributed by atoms with Gasteiger partial charge in [-0.1, -0.05) is 11.8 Å². The first-order valence-electron chi connectivity index (χ1n) is 7.46. The summed E-state index contributed by atoms with van der Waals surface area (Å²) in [6.07, 6.45) is 0.925. The molecule has 1 amide bonds. The van der Waals surface area contributed by atoms with E-state index in [2.05, 4.69) is 23.4 Å². The van der Waals surface area contributed by atoms with Crippen LogP contribution < -0.4 is 10.2 Å². The molecule has 6 heteroatoms. The van der Waals surface area contributed by atoms with Gasteiger partial charge in [-0.3, -0.25) is 4.79 Å². The molecule has 0 radical (unpaired) electrons. The van der Waals surface area contributed by atoms with Crippen molar-refractivity contribution in [3.05, 3.63) is 22.9 Å². The summed E-state index contributed by atoms with van der Waals surface area (Å²) in [4.78, 5) is 18.0. The smallest absolute Gasteiger partial charge is 0.230 e. The van der Waals surface area contributed by atoms with Crippen LogP contribution in [0, 0.1) is 11.3 Å². The quantitative estimate of drug-likeness (QED) is 0.798. The molecule has 5 nitrogen and oxygen atoms in total. The molecule has 0 aliphatic carbocycles. The van der Waals surface area contributed by atoms with Crippen LogP contribution in [0.25, 0.3) is 0 Å². The van der Waals surface area contributed by atoms with Crippen molar-refractivity contribution in [2.24, 2.45) is 0 Å². The average Bonchev–Trinajstić information content (AvgIpc) is 2.42. The van der Waals surface area contributed by atoms with Gasteiger partial charge in [0.05, 0.1) is 30.6 Å². The molecule has 0 bridgehead atoms. The van der Waals surface area contributed by atoms with Gasteiger partial charge in [0, 0.05) is 17.5 Å². The minimum atomic E-state index is -0.244. The molecule has 1 aromatic rings. The van der Waals surface area contributed by atoms with E-state index < -0.39 is 0 Å². The monoisotopic (exact) mass is 319 g/mol. The number of pyridine rings is 1. The van der Waals surface area contributed by atoms with Crippen LogP contribution in [0.5, 0.6) is 0 Å². The third-order valence-corrected chi connectivity index (χ3v) is 4.40. The van der Waals surface area contributed by atoms with E-state index in [-0.39, 0.29) is 17.2 Å². The molecule has 0 saturated carbocycles. The van der Waals surface area contributed by atoms with Crippen LogP contribution in [-0.4, -0.2) is 35.8 Å². The van der Waals surface area contributed by atoms with Crippen molar-refractivity contribution < 1.29 is 9.69 Å². The number of nitrogens with one attached hydrogen (secondary N) is 2. The molecule has 1 unspecified atom stereocenters. The van der Waals surface area contributed by atoms with Crippen molar-refractivity contribution in [1.29, 1.82) is 5.26 Å². The molecular formula is C16H23N4OS+. The zero-order chi connectivity index (χ0) is 16.3. The summed E-state index contributed by atoms with van der Waals surface area (Å²) >= 11 is 1.34. The fraction of sp³-hybridized carbons (Fsp3) is 0.562. The summed E-state index contributed by atoms with van der Waals surface area (Å²) < 4.78 is 0. The predicted molar refractivity (Wildman–Crippen MR) is 86.7 cm³/mol. The van der Waals surface area contributed by atoms with E-state index in [1.807, 2.05) is 26.8 Å². The van der Waals surface area contributed by atoms with Crippen molar-refractivity contribution in [3.63, 3.8) is 0 Å². The lowest BCUT2D eigenvalue weighted by Crippen LogP contribution is -3.08. The lowest BCUT2D eigenvalue weighted by Gasteiger charge is -2.22. The molecule has 0 spiro atoms. The molecule has 0 aromatic carbocycles. The largest absolute Gasteiger partial charge is 0.351 e. The van der Waals surface area contributed by atoms with Crippen LogP contribution in [0.15, 0.2) is 11.1 Å². The Hall–Kier alpha value is -1.58. The highest BCUT2D eigenvalue weighted by Crippen LogP contribution is 2.23. The van der Waals surface area contributed by atoms with E-state index in [9.17, 15) is 10.1 Å². The number of amides is 1. The van der Waals surface area contributed by atoms with Gasteiger partial charge in [0.2, 0.25) is 5.91 Å². The van der Waals surface area contributed by atoms with Gasteiger partial charge in [-0.05, 0) is 26.8 Å². The van der Waals surface area contributed by atoms with Crippen molar-refractivity contribution in [2.45, 2.75) is 44.3 Å². The molecule has 2 N–H and O–H groups in total. The Morgan fingerprint density at radius 1 is 1.55 bits per heavy atom. The Balaban J connectivity index is 2.11. The number of thioether (sulfide) groups is 1. The van der Waals surface area contributed by atoms with Crippen molar-refractivity contribution in [1.82, 2.24) is 10.3 Å². The van der Waals surface area contributed by atoms with Crippen molar-refractivity contribution in [3.8, 4) is 6.07 Å². The first-order valence-corrected chi connectivity index (χ1v) is 8.45. The molecule has 22 heavy (non-hydrogen) atoms. The normalized spacial score (nSPS) is 17.5. The second kappa shape index (κ2) is 6.67. The lowest BCUT2D eigenvalue weighted by atomic mass is 10.0. The Morgan fingerprint density at radius 3 is 2.91 bits per heavy atom. The van der Waals surface area contributed by atoms with E-state index in [0.29, 0.717) is 10.6 Å². The lowest BCUT2D eigenvalue weighted by molar-refractivity contribution is -0.895. The van der Waals surface area contributed by atoms with E-state index in [4.69, 9.17) is 0 Å². The summed E-state index contributed by atoms with van der Waals surface area (Å²) in [7, 11) is 2.15. The highest BCUT2D eigenvalue weighted by molar-refractivity contribution is 8.00. The van der Waals surface area contributed by atoms with Crippen LogP contribution in [0.4, 0.5) is 0 Å². The van der Waals surface area contributed by atoms with E-state index in [1.165, 1.54) is 16.7 Å². The molecule has 0 fully saturated rings. The number of quaternary nitrogens is 1. The Bertz CT molecular complexity index is 616. The summed E-state index contributed by atoms with van der Waals surface area (Å²) in [6.45, 7) is 7.82. The SMILES string of the molecule is C[NH+]1CCc2nc(SCC(=O)NC(C)(C)C)c(C#N)cc2C1. The highest BCUT2D eigenvalue weighted by atomic mass is 32.2. The maximum absolute atomic E-state index is 11.9. The molecule has 2 rings (SSSR count). The van der Waals surface area contributed by atoms with Crippen LogP contribution >= 0.6 is 11.8 Å². The third-order valence-electron chi connectivity index (χ3n) is 3.41. The van der Waals surface area contributed by atoms with Gasteiger partial charge in [-0.25, -0.2) is 4.98 Å². The Kier molecular flexibility index (Phi) is 5.09. The molecule has 1 aliphatic heterocycles. The fourth-order valence-corrected chi connectivity index (χ4v) is 3.24. The maximum Gasteiger partial charge on any atom is 0.230 e. The summed E-state index contributed by atoms with van der Waals surface area (Å²) in [6, 6.07) is 4.15. The first-order chi connectivity index (χ1) is 10.3. The van der Waals surface area contributed by atoms with Crippen LogP contribution in [0.2, 0.25) is 0 Å².